The van der Waals surface area contributed by atoms with Crippen LogP contribution in [0.25, 0.3) is 0 Å². The molecule has 2 aromatic rings. The zero-order valence-corrected chi connectivity index (χ0v) is 16.9. The number of carbonyl (C=O) groups is 2. The van der Waals surface area contributed by atoms with Crippen LogP contribution in [0.4, 0.5) is 0 Å². The van der Waals surface area contributed by atoms with E-state index >= 15 is 0 Å². The average molecular weight is 402 g/mol. The van der Waals surface area contributed by atoms with E-state index in [1.54, 1.807) is 12.2 Å². The van der Waals surface area contributed by atoms with E-state index in [4.69, 9.17) is 0 Å². The first-order chi connectivity index (χ1) is 14.7. The third-order valence-corrected chi connectivity index (χ3v) is 5.35. The van der Waals surface area contributed by atoms with Crippen molar-refractivity contribution in [2.45, 2.75) is 0 Å². The zero-order valence-electron chi connectivity index (χ0n) is 16.9. The maximum Gasteiger partial charge on any atom is 0.189 e. The number of hydrogen-bond acceptors (Lipinski definition) is 6. The van der Waals surface area contributed by atoms with Crippen LogP contribution in [0.1, 0.15) is 20.7 Å². The van der Waals surface area contributed by atoms with Gasteiger partial charge in [-0.1, -0.05) is 60.7 Å². The highest BCUT2D eigenvalue weighted by atomic mass is 16.1. The highest BCUT2D eigenvalue weighted by Crippen LogP contribution is 2.14. The van der Waals surface area contributed by atoms with Gasteiger partial charge < -0.3 is 20.4 Å². The van der Waals surface area contributed by atoms with Gasteiger partial charge in [-0.3, -0.25) is 9.59 Å². The van der Waals surface area contributed by atoms with E-state index in [1.807, 2.05) is 60.7 Å². The van der Waals surface area contributed by atoms with Gasteiger partial charge in [0.15, 0.2) is 11.6 Å². The van der Waals surface area contributed by atoms with Crippen LogP contribution >= 0.6 is 0 Å². The fourth-order valence-corrected chi connectivity index (χ4v) is 3.71. The van der Waals surface area contributed by atoms with Crippen molar-refractivity contribution in [1.29, 1.82) is 0 Å². The molecule has 6 nitrogen and oxygen atoms in total. The van der Waals surface area contributed by atoms with Gasteiger partial charge in [0.1, 0.15) is 11.6 Å². The second-order valence-corrected chi connectivity index (χ2v) is 7.35. The number of hydrogen-bond donors (Lipinski definition) is 2. The van der Waals surface area contributed by atoms with Crippen LogP contribution in [0.5, 0.6) is 0 Å². The molecule has 0 saturated carbocycles. The lowest BCUT2D eigenvalue weighted by Gasteiger charge is -2.24. The predicted octanol–water partition coefficient (Wildman–Crippen LogP) is 2.25. The van der Waals surface area contributed by atoms with Crippen molar-refractivity contribution in [1.82, 2.24) is 20.4 Å². The molecular weight excluding hydrogens is 376 g/mol. The van der Waals surface area contributed by atoms with E-state index in [-0.39, 0.29) is 11.6 Å². The molecule has 0 aliphatic carbocycles. The quantitative estimate of drug-likeness (QED) is 0.547. The van der Waals surface area contributed by atoms with Crippen LogP contribution in [0, 0.1) is 0 Å². The Balaban J connectivity index is 1.38. The van der Waals surface area contributed by atoms with Gasteiger partial charge in [-0.25, -0.2) is 0 Å². The molecule has 2 aromatic carbocycles. The first kappa shape index (κ1) is 19.8. The molecule has 2 heterocycles. The van der Waals surface area contributed by atoms with Gasteiger partial charge in [-0.15, -0.1) is 0 Å². The Morgan fingerprint density at radius 1 is 0.700 bits per heavy atom. The number of benzene rings is 2. The molecule has 0 amide bonds. The fourth-order valence-electron chi connectivity index (χ4n) is 3.71. The minimum Gasteiger partial charge on any atom is -0.370 e. The second kappa shape index (κ2) is 9.31. The highest BCUT2D eigenvalue weighted by molar-refractivity contribution is 6.05. The van der Waals surface area contributed by atoms with Gasteiger partial charge in [-0.05, 0) is 0 Å². The number of nitrogens with zero attached hydrogens (tertiary/aromatic N) is 2. The van der Waals surface area contributed by atoms with Crippen molar-refractivity contribution in [2.75, 3.05) is 39.3 Å². The summed E-state index contributed by atoms with van der Waals surface area (Å²) in [5.41, 5.74) is 1.37. The second-order valence-electron chi connectivity index (χ2n) is 7.35. The molecule has 2 saturated heterocycles. The normalized spacial score (nSPS) is 18.5. The third kappa shape index (κ3) is 4.71. The van der Waals surface area contributed by atoms with Crippen molar-refractivity contribution in [3.05, 3.63) is 95.6 Å². The summed E-state index contributed by atoms with van der Waals surface area (Å²) in [6.45, 7) is 4.91. The maximum absolute atomic E-state index is 12.5. The lowest BCUT2D eigenvalue weighted by Crippen LogP contribution is -2.32. The standard InChI is InChI=1S/C24H26N4O2/c29-21(19-7-3-1-4-8-19)17-23-25-11-13-27(23)15-16-28-14-12-26-24(28)18-22(30)20-9-5-2-6-10-20/h1-10,17-18,25-26H,11-16H2/b23-17-,24-18-. The first-order valence-electron chi connectivity index (χ1n) is 10.3. The summed E-state index contributed by atoms with van der Waals surface area (Å²) in [6, 6.07) is 18.6. The molecule has 2 aliphatic heterocycles. The number of rotatable bonds is 7. The summed E-state index contributed by atoms with van der Waals surface area (Å²) in [4.78, 5) is 29.4. The molecule has 4 rings (SSSR count). The summed E-state index contributed by atoms with van der Waals surface area (Å²) in [5.74, 6) is 1.73. The van der Waals surface area contributed by atoms with Crippen molar-refractivity contribution in [2.24, 2.45) is 0 Å². The lowest BCUT2D eigenvalue weighted by atomic mass is 10.1. The van der Waals surface area contributed by atoms with Crippen LogP contribution in [0.3, 0.4) is 0 Å². The van der Waals surface area contributed by atoms with Crippen LogP contribution < -0.4 is 10.6 Å². The van der Waals surface area contributed by atoms with Crippen molar-refractivity contribution in [3.63, 3.8) is 0 Å². The summed E-state index contributed by atoms with van der Waals surface area (Å²) in [5, 5.41) is 6.62. The molecule has 2 fully saturated rings. The van der Waals surface area contributed by atoms with E-state index in [0.29, 0.717) is 11.1 Å². The minimum atomic E-state index is 0.00174. The van der Waals surface area contributed by atoms with E-state index in [9.17, 15) is 9.59 Å². The molecule has 0 aromatic heterocycles. The highest BCUT2D eigenvalue weighted by Gasteiger charge is 2.22. The first-order valence-corrected chi connectivity index (χ1v) is 10.3. The van der Waals surface area contributed by atoms with Gasteiger partial charge in [0.05, 0.1) is 0 Å². The SMILES string of the molecule is O=C(/C=C1/NCCN1CCN1CCN/C1=C/C(=O)c1ccccc1)c1ccccc1. The summed E-state index contributed by atoms with van der Waals surface area (Å²) >= 11 is 0. The third-order valence-electron chi connectivity index (χ3n) is 5.35. The summed E-state index contributed by atoms with van der Waals surface area (Å²) < 4.78 is 0. The smallest absolute Gasteiger partial charge is 0.189 e. The molecule has 6 heteroatoms. The zero-order chi connectivity index (χ0) is 20.8. The molecule has 154 valence electrons. The van der Waals surface area contributed by atoms with E-state index < -0.39 is 0 Å². The van der Waals surface area contributed by atoms with Crippen LogP contribution in [0.2, 0.25) is 0 Å². The Morgan fingerprint density at radius 3 is 1.50 bits per heavy atom. The van der Waals surface area contributed by atoms with Gasteiger partial charge in [0, 0.05) is 62.5 Å². The van der Waals surface area contributed by atoms with Gasteiger partial charge in [-0.2, -0.15) is 0 Å². The Hall–Kier alpha value is -3.54. The maximum atomic E-state index is 12.5. The molecule has 0 radical (unpaired) electrons. The van der Waals surface area contributed by atoms with Crippen LogP contribution in [-0.2, 0) is 0 Å². The minimum absolute atomic E-state index is 0.00174. The van der Waals surface area contributed by atoms with E-state index in [2.05, 4.69) is 20.4 Å². The summed E-state index contributed by atoms with van der Waals surface area (Å²) in [6.07, 6.45) is 3.36. The molecule has 0 spiro atoms. The molecule has 0 bridgehead atoms. The topological polar surface area (TPSA) is 64.7 Å². The molecule has 2 aliphatic rings. The summed E-state index contributed by atoms with van der Waals surface area (Å²) in [7, 11) is 0. The molecule has 30 heavy (non-hydrogen) atoms. The van der Waals surface area contributed by atoms with Gasteiger partial charge in [0.2, 0.25) is 0 Å². The molecule has 0 unspecified atom stereocenters. The van der Waals surface area contributed by atoms with E-state index in [0.717, 1.165) is 50.9 Å². The van der Waals surface area contributed by atoms with Crippen molar-refractivity contribution < 1.29 is 9.59 Å². The van der Waals surface area contributed by atoms with Crippen LogP contribution in [0.15, 0.2) is 84.5 Å². The largest absolute Gasteiger partial charge is 0.370 e. The fraction of sp³-hybridized carbons (Fsp3) is 0.250. The molecule has 2 N–H and O–H groups in total. The predicted molar refractivity (Wildman–Crippen MR) is 117 cm³/mol. The lowest BCUT2D eigenvalue weighted by molar-refractivity contribution is 0.103. The Kier molecular flexibility index (Phi) is 6.13. The van der Waals surface area contributed by atoms with Gasteiger partial charge >= 0.3 is 0 Å². The van der Waals surface area contributed by atoms with Crippen molar-refractivity contribution in [3.8, 4) is 0 Å². The molecule has 0 atom stereocenters. The number of ketones is 2. The molecular formula is C24H26N4O2. The van der Waals surface area contributed by atoms with E-state index in [1.165, 1.54) is 0 Å². The number of nitrogens with one attached hydrogen (secondary N) is 2. The number of allylic oxidation sites excluding steroid dienone is 2. The van der Waals surface area contributed by atoms with Gasteiger partial charge in [0.25, 0.3) is 0 Å². The Labute approximate surface area is 176 Å². The monoisotopic (exact) mass is 402 g/mol. The number of carbonyl (C=O) groups excluding carboxylic acids is 2. The Bertz CT molecular complexity index is 874. The average Bonchev–Trinajstić information content (AvgIpc) is 3.42. The van der Waals surface area contributed by atoms with Crippen molar-refractivity contribution >= 4 is 11.6 Å². The van der Waals surface area contributed by atoms with Crippen LogP contribution in [-0.4, -0.2) is 60.6 Å². The Morgan fingerprint density at radius 2 is 1.10 bits per heavy atom.